The van der Waals surface area contributed by atoms with Crippen molar-refractivity contribution < 1.29 is 4.39 Å². The number of rotatable bonds is 1. The second-order valence-corrected chi connectivity index (χ2v) is 4.29. The van der Waals surface area contributed by atoms with Gasteiger partial charge < -0.3 is 4.90 Å². The first-order valence-corrected chi connectivity index (χ1v) is 5.28. The van der Waals surface area contributed by atoms with Crippen molar-refractivity contribution in [3.8, 4) is 0 Å². The Kier molecular flexibility index (Phi) is 2.87. The summed E-state index contributed by atoms with van der Waals surface area (Å²) in [5.74, 6) is 0.235. The maximum atomic E-state index is 12.8. The van der Waals surface area contributed by atoms with Crippen LogP contribution in [0, 0.1) is 5.82 Å². The minimum atomic E-state index is -0.169. The molecule has 2 heteroatoms. The number of likely N-dealkylation sites (tertiary alicyclic amines) is 1. The van der Waals surface area contributed by atoms with E-state index in [4.69, 9.17) is 0 Å². The molecule has 0 spiro atoms. The first-order valence-electron chi connectivity index (χ1n) is 5.28. The van der Waals surface area contributed by atoms with E-state index in [1.807, 2.05) is 12.1 Å². The summed E-state index contributed by atoms with van der Waals surface area (Å²) in [6, 6.07) is 6.80. The normalized spacial score (nSPS) is 23.1. The Bertz CT molecular complexity index is 355. The van der Waals surface area contributed by atoms with Crippen molar-refractivity contribution in [2.24, 2.45) is 0 Å². The number of piperidine rings is 1. The van der Waals surface area contributed by atoms with Gasteiger partial charge in [0.1, 0.15) is 5.82 Å². The summed E-state index contributed by atoms with van der Waals surface area (Å²) >= 11 is 0. The molecule has 0 radical (unpaired) electrons. The maximum absolute atomic E-state index is 12.8. The fourth-order valence-electron chi connectivity index (χ4n) is 2.19. The Balaban J connectivity index is 2.17. The van der Waals surface area contributed by atoms with Crippen LogP contribution < -0.4 is 0 Å². The molecule has 0 aliphatic carbocycles. The molecule has 1 fully saturated rings. The fraction of sp³-hybridized carbons (Fsp3) is 0.385. The van der Waals surface area contributed by atoms with Gasteiger partial charge in [0.05, 0.1) is 0 Å². The van der Waals surface area contributed by atoms with Crippen LogP contribution in [0.4, 0.5) is 4.39 Å². The number of likely N-dealkylation sites (N-methyl/N-ethyl adjacent to an activating group) is 1. The third kappa shape index (κ3) is 2.26. The molecule has 1 aromatic carbocycles. The average Bonchev–Trinajstić information content (AvgIpc) is 2.20. The molecule has 1 atom stereocenters. The van der Waals surface area contributed by atoms with Crippen LogP contribution in [0.25, 0.3) is 0 Å². The van der Waals surface area contributed by atoms with Gasteiger partial charge in [0, 0.05) is 12.5 Å². The van der Waals surface area contributed by atoms with Gasteiger partial charge in [-0.15, -0.1) is 0 Å². The molecular weight excluding hydrogens is 189 g/mol. The zero-order chi connectivity index (χ0) is 10.8. The summed E-state index contributed by atoms with van der Waals surface area (Å²) in [4.78, 5) is 2.27. The lowest BCUT2D eigenvalue weighted by Crippen LogP contribution is -2.31. The Hall–Kier alpha value is -1.15. The lowest BCUT2D eigenvalue weighted by Gasteiger charge is -2.31. The van der Waals surface area contributed by atoms with Crippen LogP contribution in [0.5, 0.6) is 0 Å². The highest BCUT2D eigenvalue weighted by Gasteiger charge is 2.21. The van der Waals surface area contributed by atoms with Gasteiger partial charge in [0.25, 0.3) is 0 Å². The number of hydrogen-bond acceptors (Lipinski definition) is 1. The number of nitrogens with zero attached hydrogens (tertiary/aromatic N) is 1. The van der Waals surface area contributed by atoms with Crippen LogP contribution in [0.3, 0.4) is 0 Å². The maximum Gasteiger partial charge on any atom is 0.123 e. The number of hydrogen-bond donors (Lipinski definition) is 0. The lowest BCUT2D eigenvalue weighted by molar-refractivity contribution is 0.307. The molecule has 1 aromatic rings. The summed E-state index contributed by atoms with van der Waals surface area (Å²) in [7, 11) is 2.10. The minimum Gasteiger partial charge on any atom is -0.302 e. The molecule has 15 heavy (non-hydrogen) atoms. The first-order chi connectivity index (χ1) is 7.16. The van der Waals surface area contributed by atoms with E-state index in [0.29, 0.717) is 5.92 Å². The molecule has 0 unspecified atom stereocenters. The predicted octanol–water partition coefficient (Wildman–Crippen LogP) is 2.80. The molecule has 1 nitrogen and oxygen atoms in total. The number of halogens is 1. The topological polar surface area (TPSA) is 3.24 Å². The van der Waals surface area contributed by atoms with E-state index >= 15 is 0 Å². The number of benzene rings is 1. The van der Waals surface area contributed by atoms with Crippen molar-refractivity contribution in [2.75, 3.05) is 20.1 Å². The highest BCUT2D eigenvalue weighted by Crippen LogP contribution is 2.30. The summed E-state index contributed by atoms with van der Waals surface area (Å²) in [6.07, 6.45) is 1.08. The standard InChI is InChI=1S/C13H16FN/c1-10-9-15(2)8-7-13(10)11-3-5-12(14)6-4-11/h3-6,13H,1,7-9H2,2H3/t13-/m0/s1. The van der Waals surface area contributed by atoms with Crippen molar-refractivity contribution in [1.82, 2.24) is 4.90 Å². The summed E-state index contributed by atoms with van der Waals surface area (Å²) < 4.78 is 12.8. The van der Waals surface area contributed by atoms with Crippen molar-refractivity contribution in [1.29, 1.82) is 0 Å². The van der Waals surface area contributed by atoms with Crippen molar-refractivity contribution in [3.63, 3.8) is 0 Å². The lowest BCUT2D eigenvalue weighted by atomic mass is 9.86. The monoisotopic (exact) mass is 205 g/mol. The van der Waals surface area contributed by atoms with Gasteiger partial charge in [-0.3, -0.25) is 0 Å². The van der Waals surface area contributed by atoms with Gasteiger partial charge in [-0.2, -0.15) is 0 Å². The third-order valence-corrected chi connectivity index (χ3v) is 3.04. The van der Waals surface area contributed by atoms with Gasteiger partial charge in [-0.25, -0.2) is 4.39 Å². The van der Waals surface area contributed by atoms with Crippen LogP contribution in [0.2, 0.25) is 0 Å². The van der Waals surface area contributed by atoms with E-state index in [2.05, 4.69) is 18.5 Å². The minimum absolute atomic E-state index is 0.169. The molecule has 0 amide bonds. The van der Waals surface area contributed by atoms with E-state index in [1.165, 1.54) is 23.3 Å². The van der Waals surface area contributed by atoms with E-state index < -0.39 is 0 Å². The average molecular weight is 205 g/mol. The molecule has 0 N–H and O–H groups in total. The molecule has 1 saturated heterocycles. The van der Waals surface area contributed by atoms with Gasteiger partial charge in [0.15, 0.2) is 0 Å². The molecular formula is C13H16FN. The second kappa shape index (κ2) is 4.15. The van der Waals surface area contributed by atoms with Gasteiger partial charge >= 0.3 is 0 Å². The first kappa shape index (κ1) is 10.4. The molecule has 0 aromatic heterocycles. The van der Waals surface area contributed by atoms with Crippen LogP contribution in [0.1, 0.15) is 17.9 Å². The Labute approximate surface area is 90.2 Å². The molecule has 0 saturated carbocycles. The zero-order valence-corrected chi connectivity index (χ0v) is 9.04. The quantitative estimate of drug-likeness (QED) is 0.637. The summed E-state index contributed by atoms with van der Waals surface area (Å²) in [5, 5.41) is 0. The zero-order valence-electron chi connectivity index (χ0n) is 9.04. The molecule has 1 heterocycles. The van der Waals surface area contributed by atoms with Gasteiger partial charge in [-0.1, -0.05) is 24.3 Å². The van der Waals surface area contributed by atoms with E-state index in [1.54, 1.807) is 0 Å². The van der Waals surface area contributed by atoms with Crippen molar-refractivity contribution in [2.45, 2.75) is 12.3 Å². The highest BCUT2D eigenvalue weighted by atomic mass is 19.1. The Morgan fingerprint density at radius 3 is 2.60 bits per heavy atom. The fourth-order valence-corrected chi connectivity index (χ4v) is 2.19. The van der Waals surface area contributed by atoms with E-state index in [-0.39, 0.29) is 5.82 Å². The Morgan fingerprint density at radius 1 is 1.33 bits per heavy atom. The molecule has 1 aliphatic rings. The van der Waals surface area contributed by atoms with Crippen molar-refractivity contribution in [3.05, 3.63) is 47.8 Å². The smallest absolute Gasteiger partial charge is 0.123 e. The van der Waals surface area contributed by atoms with E-state index in [9.17, 15) is 4.39 Å². The van der Waals surface area contributed by atoms with Gasteiger partial charge in [-0.05, 0) is 37.7 Å². The van der Waals surface area contributed by atoms with Gasteiger partial charge in [0.2, 0.25) is 0 Å². The van der Waals surface area contributed by atoms with Crippen LogP contribution in [-0.2, 0) is 0 Å². The Morgan fingerprint density at radius 2 is 2.00 bits per heavy atom. The largest absolute Gasteiger partial charge is 0.302 e. The SMILES string of the molecule is C=C1CN(C)CC[C@@H]1c1ccc(F)cc1. The van der Waals surface area contributed by atoms with Crippen LogP contribution in [0.15, 0.2) is 36.4 Å². The second-order valence-electron chi connectivity index (χ2n) is 4.29. The summed E-state index contributed by atoms with van der Waals surface area (Å²) in [6.45, 7) is 6.14. The molecule has 2 rings (SSSR count). The highest BCUT2D eigenvalue weighted by molar-refractivity contribution is 5.29. The van der Waals surface area contributed by atoms with Crippen molar-refractivity contribution >= 4 is 0 Å². The summed E-state index contributed by atoms with van der Waals surface area (Å²) in [5.41, 5.74) is 2.42. The van der Waals surface area contributed by atoms with Crippen LogP contribution in [-0.4, -0.2) is 25.0 Å². The third-order valence-electron chi connectivity index (χ3n) is 3.04. The van der Waals surface area contributed by atoms with Crippen LogP contribution >= 0.6 is 0 Å². The molecule has 80 valence electrons. The molecule has 0 bridgehead atoms. The van der Waals surface area contributed by atoms with E-state index in [0.717, 1.165) is 19.5 Å². The predicted molar refractivity (Wildman–Crippen MR) is 60.4 cm³/mol. The molecule has 1 aliphatic heterocycles.